The van der Waals surface area contributed by atoms with Crippen molar-refractivity contribution in [1.29, 1.82) is 0 Å². The number of anilines is 6. The summed E-state index contributed by atoms with van der Waals surface area (Å²) in [5.41, 5.74) is 17.7. The second-order valence-electron chi connectivity index (χ2n) is 16.7. The molecule has 66 heavy (non-hydrogen) atoms. The molecule has 0 saturated carbocycles. The topological polar surface area (TPSA) is 37.2 Å². The summed E-state index contributed by atoms with van der Waals surface area (Å²) in [7, 11) is 0. The molecule has 0 saturated heterocycles. The number of benzene rings is 9. The highest BCUT2D eigenvalue weighted by Crippen LogP contribution is 2.43. The van der Waals surface area contributed by atoms with Crippen LogP contribution in [0, 0.1) is 6.92 Å². The van der Waals surface area contributed by atoms with E-state index in [1.807, 2.05) is 24.5 Å². The summed E-state index contributed by atoms with van der Waals surface area (Å²) in [6.45, 7) is 2.23. The second kappa shape index (κ2) is 16.4. The number of aryl methyl sites for hydroxylation is 1. The molecule has 0 aliphatic rings. The number of para-hydroxylation sites is 4. The van der Waals surface area contributed by atoms with E-state index in [4.69, 9.17) is 9.97 Å². The lowest BCUT2D eigenvalue weighted by Crippen LogP contribution is -2.09. The van der Waals surface area contributed by atoms with Gasteiger partial charge in [-0.1, -0.05) is 109 Å². The quantitative estimate of drug-likeness (QED) is 0.136. The Morgan fingerprint density at radius 3 is 1.38 bits per heavy atom. The Morgan fingerprint density at radius 2 is 0.848 bits per heavy atom. The Bertz CT molecular complexity index is 3500. The molecule has 0 radical (unpaired) electrons. The lowest BCUT2D eigenvalue weighted by molar-refractivity contribution is 1.17. The van der Waals surface area contributed by atoms with Crippen LogP contribution in [0.15, 0.2) is 243 Å². The molecule has 9 aromatic carbocycles. The fraction of sp³-hybridized carbons (Fsp3) is 0.0164. The summed E-state index contributed by atoms with van der Waals surface area (Å²) in [5.74, 6) is 0. The number of rotatable bonds is 9. The minimum Gasteiger partial charge on any atom is -0.310 e. The first-order valence-corrected chi connectivity index (χ1v) is 22.4. The molecule has 0 fully saturated rings. The molecule has 5 nitrogen and oxygen atoms in total. The van der Waals surface area contributed by atoms with Crippen LogP contribution < -0.4 is 9.80 Å². The Morgan fingerprint density at radius 1 is 0.348 bits per heavy atom. The van der Waals surface area contributed by atoms with E-state index in [1.165, 1.54) is 27.5 Å². The van der Waals surface area contributed by atoms with Gasteiger partial charge in [0.2, 0.25) is 0 Å². The summed E-state index contributed by atoms with van der Waals surface area (Å²) < 4.78 is 2.43. The molecule has 3 heterocycles. The Kier molecular flexibility index (Phi) is 9.65. The molecule has 0 amide bonds. The molecule has 0 aliphatic heterocycles. The maximum Gasteiger partial charge on any atom is 0.0970 e. The van der Waals surface area contributed by atoms with Crippen LogP contribution in [0.3, 0.4) is 0 Å². The Hall–Kier alpha value is -8.80. The fourth-order valence-corrected chi connectivity index (χ4v) is 9.74. The van der Waals surface area contributed by atoms with Gasteiger partial charge in [0.25, 0.3) is 0 Å². The number of hydrogen-bond acceptors (Lipinski definition) is 4. The molecule has 0 bridgehead atoms. The largest absolute Gasteiger partial charge is 0.310 e. The molecule has 0 N–H and O–H groups in total. The Labute approximate surface area is 383 Å². The number of pyridine rings is 2. The molecular weight excluding hydrogens is 803 g/mol. The first-order chi connectivity index (χ1) is 32.7. The molecule has 3 aromatic heterocycles. The summed E-state index contributed by atoms with van der Waals surface area (Å²) >= 11 is 0. The van der Waals surface area contributed by atoms with Gasteiger partial charge >= 0.3 is 0 Å². The zero-order valence-corrected chi connectivity index (χ0v) is 36.3. The first kappa shape index (κ1) is 38.8. The molecule has 12 aromatic rings. The van der Waals surface area contributed by atoms with Gasteiger partial charge in [-0.3, -0.25) is 9.97 Å². The average molecular weight is 846 g/mol. The molecular formula is C61H43N5. The number of nitrogens with zero attached hydrogens (tertiary/aromatic N) is 5. The van der Waals surface area contributed by atoms with Crippen molar-refractivity contribution in [3.63, 3.8) is 0 Å². The van der Waals surface area contributed by atoms with Crippen molar-refractivity contribution >= 4 is 77.7 Å². The monoisotopic (exact) mass is 845 g/mol. The van der Waals surface area contributed by atoms with Gasteiger partial charge in [0.05, 0.1) is 22.1 Å². The van der Waals surface area contributed by atoms with Crippen LogP contribution in [0.4, 0.5) is 34.1 Å². The van der Waals surface area contributed by atoms with Crippen LogP contribution in [0.2, 0.25) is 0 Å². The van der Waals surface area contributed by atoms with Crippen molar-refractivity contribution in [2.75, 3.05) is 9.80 Å². The van der Waals surface area contributed by atoms with Gasteiger partial charge in [0.1, 0.15) is 0 Å². The van der Waals surface area contributed by atoms with Crippen molar-refractivity contribution in [2.24, 2.45) is 0 Å². The standard InChI is InChI=1S/C61H43N5/c1-42-37-50(29-32-53(42)43-17-14-18-44(38-43)55-39-45-19-15-35-62-60(45)61-54(55)28-16-36-63-61)66-58-33-30-51(64(46-20-6-2-7-21-46)47-22-8-3-9-23-47)40-56(58)57-41-52(31-34-59(57)66)65(48-24-10-4-11-25-48)49-26-12-5-13-27-49/h2-41H,1H3. The molecule has 312 valence electrons. The van der Waals surface area contributed by atoms with Gasteiger partial charge in [-0.25, -0.2) is 0 Å². The van der Waals surface area contributed by atoms with E-state index in [-0.39, 0.29) is 0 Å². The van der Waals surface area contributed by atoms with Gasteiger partial charge in [-0.05, 0) is 156 Å². The highest BCUT2D eigenvalue weighted by atomic mass is 15.1. The normalized spacial score (nSPS) is 11.4. The minimum atomic E-state index is 0.919. The minimum absolute atomic E-state index is 0.919. The van der Waals surface area contributed by atoms with Gasteiger partial charge in [0, 0.05) is 73.8 Å². The summed E-state index contributed by atoms with van der Waals surface area (Å²) in [4.78, 5) is 14.2. The summed E-state index contributed by atoms with van der Waals surface area (Å²) in [6, 6.07) is 82.7. The third kappa shape index (κ3) is 6.82. The third-order valence-corrected chi connectivity index (χ3v) is 12.7. The number of hydrogen-bond donors (Lipinski definition) is 0. The van der Waals surface area contributed by atoms with Crippen LogP contribution >= 0.6 is 0 Å². The van der Waals surface area contributed by atoms with E-state index in [0.717, 1.165) is 83.8 Å². The molecule has 0 aliphatic carbocycles. The third-order valence-electron chi connectivity index (χ3n) is 12.7. The van der Waals surface area contributed by atoms with E-state index in [9.17, 15) is 0 Å². The number of fused-ring (bicyclic) bond motifs is 6. The lowest BCUT2D eigenvalue weighted by atomic mass is 9.93. The van der Waals surface area contributed by atoms with Crippen LogP contribution in [0.25, 0.3) is 71.6 Å². The summed E-state index contributed by atoms with van der Waals surface area (Å²) in [5, 5.41) is 4.51. The van der Waals surface area contributed by atoms with Gasteiger partial charge < -0.3 is 14.4 Å². The van der Waals surface area contributed by atoms with Crippen LogP contribution in [-0.4, -0.2) is 14.5 Å². The maximum atomic E-state index is 4.78. The van der Waals surface area contributed by atoms with Gasteiger partial charge in [-0.15, -0.1) is 0 Å². The maximum absolute atomic E-state index is 4.78. The molecule has 5 heteroatoms. The highest BCUT2D eigenvalue weighted by molar-refractivity contribution is 6.13. The van der Waals surface area contributed by atoms with Gasteiger partial charge in [0.15, 0.2) is 0 Å². The SMILES string of the molecule is Cc1cc(-n2c3ccc(N(c4ccccc4)c4ccccc4)cc3c3cc(N(c4ccccc4)c4ccccc4)ccc32)ccc1-c1cccc(-c2cc3cccnc3c3ncccc23)c1. The molecule has 0 atom stereocenters. The van der Waals surface area contributed by atoms with Crippen LogP contribution in [0.5, 0.6) is 0 Å². The molecule has 12 rings (SSSR count). The fourth-order valence-electron chi connectivity index (χ4n) is 9.74. The zero-order chi connectivity index (χ0) is 44.0. The first-order valence-electron chi connectivity index (χ1n) is 22.4. The van der Waals surface area contributed by atoms with Crippen molar-refractivity contribution < 1.29 is 0 Å². The lowest BCUT2D eigenvalue weighted by Gasteiger charge is -2.26. The average Bonchev–Trinajstić information content (AvgIpc) is 3.70. The van der Waals surface area contributed by atoms with Crippen molar-refractivity contribution in [1.82, 2.24) is 14.5 Å². The van der Waals surface area contributed by atoms with E-state index in [1.54, 1.807) is 0 Å². The summed E-state index contributed by atoms with van der Waals surface area (Å²) in [6.07, 6.45) is 3.69. The van der Waals surface area contributed by atoms with E-state index < -0.39 is 0 Å². The van der Waals surface area contributed by atoms with E-state index in [0.29, 0.717) is 0 Å². The van der Waals surface area contributed by atoms with Crippen LogP contribution in [-0.2, 0) is 0 Å². The van der Waals surface area contributed by atoms with Crippen molar-refractivity contribution in [3.05, 3.63) is 248 Å². The van der Waals surface area contributed by atoms with Crippen LogP contribution in [0.1, 0.15) is 5.56 Å². The van der Waals surface area contributed by atoms with E-state index in [2.05, 4.69) is 240 Å². The molecule has 0 unspecified atom stereocenters. The second-order valence-corrected chi connectivity index (χ2v) is 16.7. The van der Waals surface area contributed by atoms with Crippen molar-refractivity contribution in [2.45, 2.75) is 6.92 Å². The highest BCUT2D eigenvalue weighted by Gasteiger charge is 2.21. The predicted molar refractivity (Wildman–Crippen MR) is 276 cm³/mol. The smallest absolute Gasteiger partial charge is 0.0970 e. The Balaban J connectivity index is 1.02. The van der Waals surface area contributed by atoms with E-state index >= 15 is 0 Å². The number of aromatic nitrogens is 3. The van der Waals surface area contributed by atoms with Crippen molar-refractivity contribution in [3.8, 4) is 27.9 Å². The molecule has 0 spiro atoms. The van der Waals surface area contributed by atoms with Gasteiger partial charge in [-0.2, -0.15) is 0 Å². The zero-order valence-electron chi connectivity index (χ0n) is 36.3. The predicted octanol–water partition coefficient (Wildman–Crippen LogP) is 16.5.